The maximum atomic E-state index is 12.4. The molecule has 2 N–H and O–H groups in total. The molecule has 0 bridgehead atoms. The Kier molecular flexibility index (Phi) is 7.88. The van der Waals surface area contributed by atoms with E-state index in [0.29, 0.717) is 22.2 Å². The highest BCUT2D eigenvalue weighted by molar-refractivity contribution is 8.13. The molecule has 0 heterocycles. The number of ether oxygens (including phenoxy) is 2. The molecule has 2 aromatic rings. The fraction of sp³-hybridized carbons (Fsp3) is 0.222. The van der Waals surface area contributed by atoms with Crippen molar-refractivity contribution in [2.75, 3.05) is 13.7 Å². The maximum absolute atomic E-state index is 12.4. The average Bonchev–Trinajstić information content (AvgIpc) is 2.65. The highest BCUT2D eigenvalue weighted by Gasteiger charge is 2.12. The minimum Gasteiger partial charge on any atom is -0.493 e. The molecule has 8 heteroatoms. The maximum Gasteiger partial charge on any atom is 0.272 e. The summed E-state index contributed by atoms with van der Waals surface area (Å²) in [7, 11) is 1.43. The Morgan fingerprint density at radius 1 is 1.19 bits per heavy atom. The van der Waals surface area contributed by atoms with Crippen LogP contribution in [0.3, 0.4) is 0 Å². The molecule has 0 unspecified atom stereocenters. The fourth-order valence-electron chi connectivity index (χ4n) is 2.00. The lowest BCUT2D eigenvalue weighted by Crippen LogP contribution is -2.09. The van der Waals surface area contributed by atoms with Gasteiger partial charge in [0.2, 0.25) is 0 Å². The largest absolute Gasteiger partial charge is 0.493 e. The predicted molar refractivity (Wildman–Crippen MR) is 101 cm³/mol. The zero-order valence-corrected chi connectivity index (χ0v) is 15.0. The Morgan fingerprint density at radius 3 is 2.65 bits per heavy atom. The van der Waals surface area contributed by atoms with Gasteiger partial charge >= 0.3 is 0 Å². The van der Waals surface area contributed by atoms with Crippen LogP contribution in [0.25, 0.3) is 0 Å². The number of alkyl halides is 2. The van der Waals surface area contributed by atoms with Gasteiger partial charge in [0.05, 0.1) is 13.3 Å². The molecule has 0 atom stereocenters. The number of nitrogens with two attached hydrogens (primary N) is 1. The molecule has 0 amide bonds. The second-order valence-electron chi connectivity index (χ2n) is 5.04. The van der Waals surface area contributed by atoms with E-state index in [1.54, 1.807) is 18.2 Å². The number of hydrogen-bond acceptors (Lipinski definition) is 5. The van der Waals surface area contributed by atoms with E-state index in [0.717, 1.165) is 5.56 Å². The van der Waals surface area contributed by atoms with Gasteiger partial charge in [-0.05, 0) is 17.7 Å². The minimum atomic E-state index is -2.59. The number of para-hydroxylation sites is 1. The summed E-state index contributed by atoms with van der Waals surface area (Å²) in [6.45, 7) is -0.737. The molecule has 138 valence electrons. The summed E-state index contributed by atoms with van der Waals surface area (Å²) in [6.07, 6.45) is -1.20. The monoisotopic (exact) mass is 379 g/mol. The third-order valence-electron chi connectivity index (χ3n) is 3.17. The number of halogens is 2. The van der Waals surface area contributed by atoms with E-state index >= 15 is 0 Å². The number of methoxy groups -OCH3 is 1. The number of hydrogen-bond donors (Lipinski definition) is 1. The summed E-state index contributed by atoms with van der Waals surface area (Å²) in [5.74, 6) is 1.20. The average molecular weight is 379 g/mol. The van der Waals surface area contributed by atoms with Gasteiger partial charge in [-0.15, -0.1) is 5.10 Å². The highest BCUT2D eigenvalue weighted by atomic mass is 32.2. The lowest BCUT2D eigenvalue weighted by atomic mass is 10.2. The van der Waals surface area contributed by atoms with E-state index in [1.165, 1.54) is 25.1 Å². The predicted octanol–water partition coefficient (Wildman–Crippen LogP) is 3.92. The topological polar surface area (TPSA) is 69.2 Å². The fourth-order valence-corrected chi connectivity index (χ4v) is 2.62. The molecule has 0 radical (unpaired) electrons. The number of thioether (sulfide) groups is 1. The van der Waals surface area contributed by atoms with E-state index in [9.17, 15) is 8.78 Å². The van der Waals surface area contributed by atoms with Crippen molar-refractivity contribution in [1.29, 1.82) is 0 Å². The first-order chi connectivity index (χ1) is 12.6. The van der Waals surface area contributed by atoms with Crippen molar-refractivity contribution in [3.05, 3.63) is 59.7 Å². The Labute approximate surface area is 154 Å². The van der Waals surface area contributed by atoms with Gasteiger partial charge in [0, 0.05) is 11.3 Å². The number of amidine groups is 1. The first-order valence-electron chi connectivity index (χ1n) is 7.71. The highest BCUT2D eigenvalue weighted by Crippen LogP contribution is 2.30. The van der Waals surface area contributed by atoms with Crippen molar-refractivity contribution in [3.8, 4) is 11.5 Å². The van der Waals surface area contributed by atoms with Gasteiger partial charge in [-0.1, -0.05) is 48.2 Å². The molecule has 5 nitrogen and oxygen atoms in total. The van der Waals surface area contributed by atoms with Crippen LogP contribution in [0.5, 0.6) is 11.5 Å². The Morgan fingerprint density at radius 2 is 1.96 bits per heavy atom. The molecule has 0 aliphatic carbocycles. The number of nitrogens with zero attached hydrogens (tertiary/aromatic N) is 2. The van der Waals surface area contributed by atoms with Crippen molar-refractivity contribution in [1.82, 2.24) is 0 Å². The first-order valence-corrected chi connectivity index (χ1v) is 8.70. The third kappa shape index (κ3) is 6.36. The van der Waals surface area contributed by atoms with Crippen LogP contribution in [-0.4, -0.2) is 31.5 Å². The molecular formula is C18H19F2N3O2S. The van der Waals surface area contributed by atoms with Crippen LogP contribution < -0.4 is 15.2 Å². The molecule has 0 aliphatic rings. The minimum absolute atomic E-state index is 0.185. The van der Waals surface area contributed by atoms with Crippen LogP contribution >= 0.6 is 11.8 Å². The van der Waals surface area contributed by atoms with Crippen LogP contribution in [0, 0.1) is 0 Å². The van der Waals surface area contributed by atoms with E-state index < -0.39 is 13.0 Å². The van der Waals surface area contributed by atoms with E-state index in [1.807, 2.05) is 30.3 Å². The molecule has 0 saturated heterocycles. The Bertz CT molecular complexity index is 755. The second kappa shape index (κ2) is 10.4. The lowest BCUT2D eigenvalue weighted by Gasteiger charge is -2.12. The summed E-state index contributed by atoms with van der Waals surface area (Å²) >= 11 is 1.35. The Hall–Kier alpha value is -2.61. The van der Waals surface area contributed by atoms with Crippen LogP contribution in [0.4, 0.5) is 8.78 Å². The van der Waals surface area contributed by atoms with Gasteiger partial charge in [-0.3, -0.25) is 0 Å². The molecule has 0 saturated carbocycles. The molecule has 26 heavy (non-hydrogen) atoms. The van der Waals surface area contributed by atoms with Crippen LogP contribution in [-0.2, 0) is 5.75 Å². The molecule has 2 rings (SSSR count). The van der Waals surface area contributed by atoms with Crippen molar-refractivity contribution in [2.24, 2.45) is 15.9 Å². The zero-order chi connectivity index (χ0) is 18.8. The van der Waals surface area contributed by atoms with Crippen LogP contribution in [0.15, 0.2) is 58.7 Å². The van der Waals surface area contributed by atoms with Crippen LogP contribution in [0.1, 0.15) is 11.1 Å². The molecule has 2 aromatic carbocycles. The summed E-state index contributed by atoms with van der Waals surface area (Å²) in [5.41, 5.74) is 7.41. The number of benzene rings is 2. The Balaban J connectivity index is 2.04. The molecule has 0 fully saturated rings. The normalized spacial score (nSPS) is 11.9. The quantitative estimate of drug-likeness (QED) is 0.429. The van der Waals surface area contributed by atoms with E-state index in [-0.39, 0.29) is 5.75 Å². The summed E-state index contributed by atoms with van der Waals surface area (Å²) in [6, 6.07) is 14.8. The van der Waals surface area contributed by atoms with Gasteiger partial charge in [0.1, 0.15) is 6.61 Å². The second-order valence-corrected chi connectivity index (χ2v) is 6.03. The summed E-state index contributed by atoms with van der Waals surface area (Å²) in [5, 5.41) is 8.11. The van der Waals surface area contributed by atoms with E-state index in [4.69, 9.17) is 15.2 Å². The first kappa shape index (κ1) is 19.7. The SMILES string of the molecule is COc1cccc(C=NN=C(N)SCc2ccccc2)c1OCC(F)F. The van der Waals surface area contributed by atoms with Gasteiger partial charge in [-0.25, -0.2) is 8.78 Å². The molecule has 0 spiro atoms. The van der Waals surface area contributed by atoms with Crippen molar-refractivity contribution < 1.29 is 18.3 Å². The van der Waals surface area contributed by atoms with Gasteiger partial charge in [-0.2, -0.15) is 5.10 Å². The third-order valence-corrected chi connectivity index (χ3v) is 4.02. The van der Waals surface area contributed by atoms with Crippen molar-refractivity contribution >= 4 is 23.1 Å². The van der Waals surface area contributed by atoms with Crippen molar-refractivity contribution in [3.63, 3.8) is 0 Å². The van der Waals surface area contributed by atoms with Crippen molar-refractivity contribution in [2.45, 2.75) is 12.2 Å². The molecule has 0 aliphatic heterocycles. The lowest BCUT2D eigenvalue weighted by molar-refractivity contribution is 0.0804. The van der Waals surface area contributed by atoms with E-state index in [2.05, 4.69) is 10.2 Å². The molecular weight excluding hydrogens is 360 g/mol. The standard InChI is InChI=1S/C18H19F2N3O2S/c1-24-15-9-5-8-14(17(15)25-11-16(19)20)10-22-23-18(21)26-12-13-6-3-2-4-7-13/h2-10,16H,11-12H2,1H3,(H2,21,23). The number of rotatable bonds is 8. The zero-order valence-electron chi connectivity index (χ0n) is 14.1. The smallest absolute Gasteiger partial charge is 0.272 e. The van der Waals surface area contributed by atoms with Gasteiger partial charge < -0.3 is 15.2 Å². The van der Waals surface area contributed by atoms with Gasteiger partial charge in [0.25, 0.3) is 6.43 Å². The molecule has 0 aromatic heterocycles. The van der Waals surface area contributed by atoms with Crippen LogP contribution in [0.2, 0.25) is 0 Å². The summed E-state index contributed by atoms with van der Waals surface area (Å²) in [4.78, 5) is 0. The van der Waals surface area contributed by atoms with Gasteiger partial charge in [0.15, 0.2) is 16.7 Å². The summed E-state index contributed by atoms with van der Waals surface area (Å²) < 4.78 is 35.1.